The monoisotopic (exact) mass is 354 g/mol. The fourth-order valence-electron chi connectivity index (χ4n) is 2.95. The summed E-state index contributed by atoms with van der Waals surface area (Å²) < 4.78 is 7.08. The number of likely N-dealkylation sites (N-methyl/N-ethyl adjacent to an activating group) is 1. The summed E-state index contributed by atoms with van der Waals surface area (Å²) >= 11 is 0. The minimum Gasteiger partial charge on any atom is -0.381 e. The molecule has 8 nitrogen and oxygen atoms in total. The minimum absolute atomic E-state index is 0.123. The van der Waals surface area contributed by atoms with E-state index in [-0.39, 0.29) is 5.91 Å². The lowest BCUT2D eigenvalue weighted by molar-refractivity contribution is 0.0791. The van der Waals surface area contributed by atoms with E-state index in [1.54, 1.807) is 42.2 Å². The van der Waals surface area contributed by atoms with Gasteiger partial charge in [0.1, 0.15) is 23.9 Å². The van der Waals surface area contributed by atoms with E-state index in [9.17, 15) is 4.79 Å². The molecule has 8 heteroatoms. The molecular weight excluding hydrogens is 332 g/mol. The van der Waals surface area contributed by atoms with E-state index in [0.717, 1.165) is 24.5 Å². The molecule has 0 aliphatic carbocycles. The maximum Gasteiger partial charge on any atom is 0.270 e. The third-order valence-electron chi connectivity index (χ3n) is 4.49. The Balaban J connectivity index is 1.54. The summed E-state index contributed by atoms with van der Waals surface area (Å²) in [5.74, 6) is 0.949. The van der Waals surface area contributed by atoms with Gasteiger partial charge in [-0.2, -0.15) is 5.26 Å². The molecule has 1 fully saturated rings. The lowest BCUT2D eigenvalue weighted by Crippen LogP contribution is -2.32. The molecule has 3 rings (SSSR count). The van der Waals surface area contributed by atoms with Gasteiger partial charge in [-0.15, -0.1) is 0 Å². The van der Waals surface area contributed by atoms with Crippen molar-refractivity contribution in [3.63, 3.8) is 0 Å². The van der Waals surface area contributed by atoms with E-state index in [4.69, 9.17) is 10.00 Å². The average Bonchev–Trinajstić information content (AvgIpc) is 3.31. The smallest absolute Gasteiger partial charge is 0.270 e. The minimum atomic E-state index is -0.123. The van der Waals surface area contributed by atoms with Gasteiger partial charge in [-0.1, -0.05) is 0 Å². The molecule has 0 bridgehead atoms. The number of nitrogens with zero attached hydrogens (tertiary/aromatic N) is 5. The molecule has 1 saturated heterocycles. The Morgan fingerprint density at radius 1 is 1.50 bits per heavy atom. The van der Waals surface area contributed by atoms with Gasteiger partial charge >= 0.3 is 0 Å². The van der Waals surface area contributed by atoms with Gasteiger partial charge in [-0.05, 0) is 12.5 Å². The van der Waals surface area contributed by atoms with Gasteiger partial charge < -0.3 is 19.5 Å². The third kappa shape index (κ3) is 4.00. The SMILES string of the molecule is CN(CCNc1cc(C2CCOC2)ncn1)C(=O)c1cc(C#N)cn1C. The number of anilines is 1. The van der Waals surface area contributed by atoms with Crippen molar-refractivity contribution in [1.29, 1.82) is 5.26 Å². The fraction of sp³-hybridized carbons (Fsp3) is 0.444. The van der Waals surface area contributed by atoms with Crippen molar-refractivity contribution in [3.8, 4) is 6.07 Å². The zero-order chi connectivity index (χ0) is 18.5. The van der Waals surface area contributed by atoms with E-state index in [2.05, 4.69) is 15.3 Å². The number of hydrogen-bond acceptors (Lipinski definition) is 6. The lowest BCUT2D eigenvalue weighted by Gasteiger charge is -2.18. The van der Waals surface area contributed by atoms with Crippen LogP contribution in [0.15, 0.2) is 24.7 Å². The summed E-state index contributed by atoms with van der Waals surface area (Å²) in [6, 6.07) is 5.59. The van der Waals surface area contributed by atoms with E-state index in [1.807, 2.05) is 12.1 Å². The van der Waals surface area contributed by atoms with Crippen molar-refractivity contribution in [2.45, 2.75) is 12.3 Å². The number of ether oxygens (including phenoxy) is 1. The highest BCUT2D eigenvalue weighted by Gasteiger charge is 2.20. The number of aryl methyl sites for hydroxylation is 1. The molecular formula is C18H22N6O2. The molecule has 1 aliphatic heterocycles. The van der Waals surface area contributed by atoms with Crippen LogP contribution in [0, 0.1) is 11.3 Å². The van der Waals surface area contributed by atoms with Crippen LogP contribution in [-0.4, -0.2) is 58.7 Å². The van der Waals surface area contributed by atoms with E-state index >= 15 is 0 Å². The Kier molecular flexibility index (Phi) is 5.49. The van der Waals surface area contributed by atoms with Crippen LogP contribution in [0.4, 0.5) is 5.82 Å². The summed E-state index contributed by atoms with van der Waals surface area (Å²) in [5, 5.41) is 12.2. The number of carbonyl (C=O) groups is 1. The highest BCUT2D eigenvalue weighted by molar-refractivity contribution is 5.93. The molecule has 1 N–H and O–H groups in total. The summed E-state index contributed by atoms with van der Waals surface area (Å²) in [4.78, 5) is 22.7. The van der Waals surface area contributed by atoms with Crippen molar-refractivity contribution in [2.24, 2.45) is 7.05 Å². The largest absolute Gasteiger partial charge is 0.381 e. The van der Waals surface area contributed by atoms with Crippen molar-refractivity contribution in [1.82, 2.24) is 19.4 Å². The van der Waals surface area contributed by atoms with Gasteiger partial charge in [-0.3, -0.25) is 4.79 Å². The van der Waals surface area contributed by atoms with Crippen molar-refractivity contribution < 1.29 is 9.53 Å². The molecule has 1 amide bonds. The lowest BCUT2D eigenvalue weighted by atomic mass is 10.1. The molecule has 136 valence electrons. The molecule has 0 spiro atoms. The first-order chi connectivity index (χ1) is 12.6. The molecule has 3 heterocycles. The highest BCUT2D eigenvalue weighted by Crippen LogP contribution is 2.24. The Morgan fingerprint density at radius 3 is 3.04 bits per heavy atom. The second kappa shape index (κ2) is 7.97. The van der Waals surface area contributed by atoms with E-state index in [0.29, 0.717) is 36.9 Å². The van der Waals surface area contributed by atoms with Crippen LogP contribution in [0.2, 0.25) is 0 Å². The van der Waals surface area contributed by atoms with Crippen LogP contribution >= 0.6 is 0 Å². The highest BCUT2D eigenvalue weighted by atomic mass is 16.5. The number of aromatic nitrogens is 3. The van der Waals surface area contributed by atoms with Crippen LogP contribution < -0.4 is 5.32 Å². The fourth-order valence-corrected chi connectivity index (χ4v) is 2.95. The predicted octanol–water partition coefficient (Wildman–Crippen LogP) is 1.37. The number of nitrogens with one attached hydrogen (secondary N) is 1. The molecule has 2 aromatic heterocycles. The Hall–Kier alpha value is -2.92. The van der Waals surface area contributed by atoms with Crippen LogP contribution in [0.25, 0.3) is 0 Å². The molecule has 1 atom stereocenters. The quantitative estimate of drug-likeness (QED) is 0.842. The molecule has 26 heavy (non-hydrogen) atoms. The first kappa shape index (κ1) is 17.9. The van der Waals surface area contributed by atoms with Gasteiger partial charge in [0.05, 0.1) is 17.9 Å². The van der Waals surface area contributed by atoms with Crippen LogP contribution in [0.5, 0.6) is 0 Å². The molecule has 1 aliphatic rings. The Labute approximate surface area is 152 Å². The molecule has 0 saturated carbocycles. The van der Waals surface area contributed by atoms with E-state index in [1.165, 1.54) is 0 Å². The van der Waals surface area contributed by atoms with Gasteiger partial charge in [0.25, 0.3) is 5.91 Å². The number of amides is 1. The summed E-state index contributed by atoms with van der Waals surface area (Å²) in [7, 11) is 3.50. The summed E-state index contributed by atoms with van der Waals surface area (Å²) in [6.07, 6.45) is 4.18. The zero-order valence-corrected chi connectivity index (χ0v) is 15.0. The number of rotatable bonds is 6. The van der Waals surface area contributed by atoms with Crippen molar-refractivity contribution >= 4 is 11.7 Å². The second-order valence-electron chi connectivity index (χ2n) is 6.38. The molecule has 0 radical (unpaired) electrons. The van der Waals surface area contributed by atoms with Gasteiger partial charge in [0.15, 0.2) is 0 Å². The maximum absolute atomic E-state index is 12.5. The second-order valence-corrected chi connectivity index (χ2v) is 6.38. The molecule has 1 unspecified atom stereocenters. The molecule has 2 aromatic rings. The summed E-state index contributed by atoms with van der Waals surface area (Å²) in [5.41, 5.74) is 1.96. The summed E-state index contributed by atoms with van der Waals surface area (Å²) in [6.45, 7) is 2.55. The van der Waals surface area contributed by atoms with Gasteiger partial charge in [0, 0.05) is 52.0 Å². The van der Waals surface area contributed by atoms with Crippen molar-refractivity contribution in [2.75, 3.05) is 38.7 Å². The molecule has 0 aromatic carbocycles. The van der Waals surface area contributed by atoms with Crippen LogP contribution in [-0.2, 0) is 11.8 Å². The zero-order valence-electron chi connectivity index (χ0n) is 15.0. The third-order valence-corrected chi connectivity index (χ3v) is 4.49. The number of hydrogen-bond donors (Lipinski definition) is 1. The maximum atomic E-state index is 12.5. The Morgan fingerprint density at radius 2 is 2.35 bits per heavy atom. The first-order valence-corrected chi connectivity index (χ1v) is 8.54. The topological polar surface area (TPSA) is 96.1 Å². The van der Waals surface area contributed by atoms with Crippen molar-refractivity contribution in [3.05, 3.63) is 41.6 Å². The van der Waals surface area contributed by atoms with Crippen LogP contribution in [0.1, 0.15) is 34.1 Å². The predicted molar refractivity (Wildman–Crippen MR) is 95.8 cm³/mol. The van der Waals surface area contributed by atoms with E-state index < -0.39 is 0 Å². The standard InChI is InChI=1S/C18H22N6O2/c1-23(18(25)16-7-13(9-19)10-24(16)2)5-4-20-17-8-15(21-12-22-17)14-3-6-26-11-14/h7-8,10,12,14H,3-6,11H2,1-2H3,(H,20,21,22). The average molecular weight is 354 g/mol. The first-order valence-electron chi connectivity index (χ1n) is 8.54. The number of carbonyl (C=O) groups excluding carboxylic acids is 1. The Bertz CT molecular complexity index is 819. The number of nitriles is 1. The van der Waals surface area contributed by atoms with Gasteiger partial charge in [-0.25, -0.2) is 9.97 Å². The normalized spacial score (nSPS) is 16.3. The van der Waals surface area contributed by atoms with Gasteiger partial charge in [0.2, 0.25) is 0 Å². The van der Waals surface area contributed by atoms with Crippen LogP contribution in [0.3, 0.4) is 0 Å².